The zero-order valence-electron chi connectivity index (χ0n) is 11.9. The Balaban J connectivity index is 1.51. The van der Waals surface area contributed by atoms with Crippen LogP contribution in [0, 0.1) is 0 Å². The van der Waals surface area contributed by atoms with Crippen LogP contribution in [-0.2, 0) is 0 Å². The summed E-state index contributed by atoms with van der Waals surface area (Å²) < 4.78 is 5.64. The number of aromatic nitrogens is 2. The fraction of sp³-hybridized carbons (Fsp3) is 0.467. The van der Waals surface area contributed by atoms with E-state index in [1.165, 1.54) is 32.4 Å². The third kappa shape index (κ3) is 3.98. The number of piperidine rings is 1. The lowest BCUT2D eigenvalue weighted by Crippen LogP contribution is -2.31. The molecule has 0 unspecified atom stereocenters. The van der Waals surface area contributed by atoms with Crippen molar-refractivity contribution in [2.75, 3.05) is 25.4 Å². The van der Waals surface area contributed by atoms with E-state index in [-0.39, 0.29) is 5.75 Å². The van der Waals surface area contributed by atoms with Crippen LogP contribution in [-0.4, -0.2) is 45.6 Å². The molecule has 1 fully saturated rings. The van der Waals surface area contributed by atoms with Gasteiger partial charge in [-0.3, -0.25) is 0 Å². The van der Waals surface area contributed by atoms with Gasteiger partial charge in [0, 0.05) is 17.9 Å². The number of phenolic OH excluding ortho intramolecular Hbond substituents is 1. The van der Waals surface area contributed by atoms with Crippen molar-refractivity contribution in [1.82, 2.24) is 15.1 Å². The Morgan fingerprint density at radius 3 is 2.62 bits per heavy atom. The lowest BCUT2D eigenvalue weighted by Gasteiger charge is -2.25. The summed E-state index contributed by atoms with van der Waals surface area (Å²) in [6.45, 7) is 3.49. The van der Waals surface area contributed by atoms with Crippen LogP contribution in [0.5, 0.6) is 5.75 Å². The van der Waals surface area contributed by atoms with Crippen molar-refractivity contribution in [3.8, 4) is 17.2 Å². The standard InChI is InChI=1S/C15H19N3O2S/c19-13-6-4-12(5-7-13)14-16-17-15(20-14)21-11-10-18-8-2-1-3-9-18/h4-7,19H,1-3,8-11H2. The van der Waals surface area contributed by atoms with Gasteiger partial charge in [0.1, 0.15) is 5.75 Å². The van der Waals surface area contributed by atoms with E-state index in [1.54, 1.807) is 36.0 Å². The maximum atomic E-state index is 9.27. The number of rotatable bonds is 5. The average Bonchev–Trinajstić information content (AvgIpc) is 2.98. The van der Waals surface area contributed by atoms with Crippen LogP contribution in [0.3, 0.4) is 0 Å². The number of nitrogens with zero attached hydrogens (tertiary/aromatic N) is 3. The van der Waals surface area contributed by atoms with Crippen molar-refractivity contribution in [1.29, 1.82) is 0 Å². The minimum atomic E-state index is 0.231. The lowest BCUT2D eigenvalue weighted by atomic mass is 10.1. The molecule has 1 saturated heterocycles. The summed E-state index contributed by atoms with van der Waals surface area (Å²) in [5.41, 5.74) is 0.822. The molecule has 1 aromatic carbocycles. The number of hydrogen-bond acceptors (Lipinski definition) is 6. The van der Waals surface area contributed by atoms with Gasteiger partial charge in [-0.15, -0.1) is 10.2 Å². The first kappa shape index (κ1) is 14.4. The van der Waals surface area contributed by atoms with Crippen LogP contribution >= 0.6 is 11.8 Å². The molecule has 0 atom stereocenters. The molecule has 21 heavy (non-hydrogen) atoms. The maximum Gasteiger partial charge on any atom is 0.276 e. The molecule has 112 valence electrons. The predicted molar refractivity (Wildman–Crippen MR) is 82.4 cm³/mol. The van der Waals surface area contributed by atoms with Gasteiger partial charge in [-0.05, 0) is 50.2 Å². The molecule has 6 heteroatoms. The zero-order chi connectivity index (χ0) is 14.5. The molecule has 0 aliphatic carbocycles. The second-order valence-electron chi connectivity index (χ2n) is 5.17. The first-order valence-electron chi connectivity index (χ1n) is 7.29. The summed E-state index contributed by atoms with van der Waals surface area (Å²) >= 11 is 1.60. The third-order valence-corrected chi connectivity index (χ3v) is 4.40. The summed E-state index contributed by atoms with van der Waals surface area (Å²) in [5.74, 6) is 1.70. The van der Waals surface area contributed by atoms with Gasteiger partial charge < -0.3 is 14.4 Å². The molecule has 0 radical (unpaired) electrons. The molecule has 1 aromatic heterocycles. The van der Waals surface area contributed by atoms with Crippen molar-refractivity contribution in [3.63, 3.8) is 0 Å². The van der Waals surface area contributed by atoms with Gasteiger partial charge >= 0.3 is 0 Å². The highest BCUT2D eigenvalue weighted by molar-refractivity contribution is 7.99. The number of thioether (sulfide) groups is 1. The summed E-state index contributed by atoms with van der Waals surface area (Å²) in [6.07, 6.45) is 4.00. The fourth-order valence-corrected chi connectivity index (χ4v) is 3.19. The average molecular weight is 305 g/mol. The van der Waals surface area contributed by atoms with E-state index in [2.05, 4.69) is 15.1 Å². The summed E-state index contributed by atoms with van der Waals surface area (Å²) in [4.78, 5) is 2.49. The Hall–Kier alpha value is -1.53. The first-order chi connectivity index (χ1) is 10.3. The molecular formula is C15H19N3O2S. The highest BCUT2D eigenvalue weighted by atomic mass is 32.2. The Morgan fingerprint density at radius 2 is 1.86 bits per heavy atom. The molecule has 5 nitrogen and oxygen atoms in total. The molecule has 3 rings (SSSR count). The Kier molecular flexibility index (Phi) is 4.77. The quantitative estimate of drug-likeness (QED) is 0.857. The van der Waals surface area contributed by atoms with E-state index in [4.69, 9.17) is 4.42 Å². The van der Waals surface area contributed by atoms with Crippen molar-refractivity contribution in [3.05, 3.63) is 24.3 Å². The Morgan fingerprint density at radius 1 is 1.10 bits per heavy atom. The fourth-order valence-electron chi connectivity index (χ4n) is 2.43. The molecule has 1 aliphatic heterocycles. The largest absolute Gasteiger partial charge is 0.508 e. The van der Waals surface area contributed by atoms with Crippen LogP contribution in [0.25, 0.3) is 11.5 Å². The topological polar surface area (TPSA) is 62.4 Å². The summed E-state index contributed by atoms with van der Waals surface area (Å²) in [7, 11) is 0. The van der Waals surface area contributed by atoms with Gasteiger partial charge in [0.25, 0.3) is 5.22 Å². The maximum absolute atomic E-state index is 9.27. The number of likely N-dealkylation sites (tertiary alicyclic amines) is 1. The highest BCUT2D eigenvalue weighted by Gasteiger charge is 2.12. The molecule has 0 spiro atoms. The molecule has 0 saturated carbocycles. The Labute approximate surface area is 128 Å². The summed E-state index contributed by atoms with van der Waals surface area (Å²) in [5, 5.41) is 18.0. The van der Waals surface area contributed by atoms with Crippen LogP contribution < -0.4 is 0 Å². The van der Waals surface area contributed by atoms with Crippen LogP contribution in [0.15, 0.2) is 33.9 Å². The molecule has 0 bridgehead atoms. The van der Waals surface area contributed by atoms with Gasteiger partial charge in [0.2, 0.25) is 5.89 Å². The van der Waals surface area contributed by atoms with Crippen LogP contribution in [0.2, 0.25) is 0 Å². The van der Waals surface area contributed by atoms with Crippen molar-refractivity contribution in [2.24, 2.45) is 0 Å². The number of benzene rings is 1. The molecule has 2 heterocycles. The van der Waals surface area contributed by atoms with Crippen molar-refractivity contribution >= 4 is 11.8 Å². The number of phenols is 1. The van der Waals surface area contributed by atoms with Gasteiger partial charge in [-0.25, -0.2) is 0 Å². The van der Waals surface area contributed by atoms with Crippen LogP contribution in [0.1, 0.15) is 19.3 Å². The van der Waals surface area contributed by atoms with E-state index < -0.39 is 0 Å². The van der Waals surface area contributed by atoms with Gasteiger partial charge in [-0.2, -0.15) is 0 Å². The number of hydrogen-bond donors (Lipinski definition) is 1. The SMILES string of the molecule is Oc1ccc(-c2nnc(SCCN3CCCCC3)o2)cc1. The highest BCUT2D eigenvalue weighted by Crippen LogP contribution is 2.24. The minimum Gasteiger partial charge on any atom is -0.508 e. The monoisotopic (exact) mass is 305 g/mol. The molecule has 0 amide bonds. The van der Waals surface area contributed by atoms with E-state index in [1.807, 2.05) is 0 Å². The molecule has 1 aliphatic rings. The normalized spacial score (nSPS) is 16.2. The van der Waals surface area contributed by atoms with Gasteiger partial charge in [0.05, 0.1) is 0 Å². The molecular weight excluding hydrogens is 286 g/mol. The van der Waals surface area contributed by atoms with Crippen LogP contribution in [0.4, 0.5) is 0 Å². The van der Waals surface area contributed by atoms with Gasteiger partial charge in [-0.1, -0.05) is 18.2 Å². The second kappa shape index (κ2) is 6.95. The first-order valence-corrected chi connectivity index (χ1v) is 8.28. The predicted octanol–water partition coefficient (Wildman–Crippen LogP) is 3.02. The second-order valence-corrected chi connectivity index (χ2v) is 6.22. The Bertz CT molecular complexity index is 565. The van der Waals surface area contributed by atoms with E-state index in [0.717, 1.165) is 17.9 Å². The third-order valence-electron chi connectivity index (χ3n) is 3.60. The van der Waals surface area contributed by atoms with E-state index in [9.17, 15) is 5.11 Å². The lowest BCUT2D eigenvalue weighted by molar-refractivity contribution is 0.242. The molecule has 1 N–H and O–H groups in total. The minimum absolute atomic E-state index is 0.231. The number of aromatic hydroxyl groups is 1. The summed E-state index contributed by atoms with van der Waals surface area (Å²) in [6, 6.07) is 6.77. The van der Waals surface area contributed by atoms with Gasteiger partial charge in [0.15, 0.2) is 0 Å². The molecule has 2 aromatic rings. The van der Waals surface area contributed by atoms with Crippen molar-refractivity contribution in [2.45, 2.75) is 24.5 Å². The van der Waals surface area contributed by atoms with E-state index in [0.29, 0.717) is 11.1 Å². The smallest absolute Gasteiger partial charge is 0.276 e. The van der Waals surface area contributed by atoms with Crippen molar-refractivity contribution < 1.29 is 9.52 Å². The zero-order valence-corrected chi connectivity index (χ0v) is 12.7. The van der Waals surface area contributed by atoms with E-state index >= 15 is 0 Å².